The molecular formula is C18H24N2O2. The van der Waals surface area contributed by atoms with E-state index in [9.17, 15) is 9.59 Å². The highest BCUT2D eigenvalue weighted by atomic mass is 16.2. The van der Waals surface area contributed by atoms with Crippen LogP contribution < -0.4 is 5.32 Å². The minimum atomic E-state index is 0.191. The number of hydrogen-bond donors (Lipinski definition) is 1. The van der Waals surface area contributed by atoms with Crippen LogP contribution in [0.4, 0.5) is 0 Å². The zero-order chi connectivity index (χ0) is 15.5. The van der Waals surface area contributed by atoms with Crippen LogP contribution in [0.2, 0.25) is 0 Å². The molecule has 1 saturated heterocycles. The lowest BCUT2D eigenvalue weighted by molar-refractivity contribution is -0.131. The number of likely N-dealkylation sites (tertiary alicyclic amines) is 1. The Morgan fingerprint density at radius 1 is 1.09 bits per heavy atom. The molecule has 4 heteroatoms. The molecule has 0 atom stereocenters. The third-order valence-corrected chi connectivity index (χ3v) is 4.62. The second-order valence-electron chi connectivity index (χ2n) is 6.60. The third kappa shape index (κ3) is 3.87. The molecule has 2 aliphatic rings. The quantitative estimate of drug-likeness (QED) is 0.925. The van der Waals surface area contributed by atoms with Crippen molar-refractivity contribution in [3.8, 4) is 0 Å². The number of carbonyl (C=O) groups excluding carboxylic acids is 2. The molecule has 0 radical (unpaired) electrons. The molecule has 0 spiro atoms. The van der Waals surface area contributed by atoms with Crippen molar-refractivity contribution in [1.82, 2.24) is 10.2 Å². The van der Waals surface area contributed by atoms with E-state index >= 15 is 0 Å². The van der Waals surface area contributed by atoms with Crippen LogP contribution in [0.1, 0.15) is 36.8 Å². The van der Waals surface area contributed by atoms with E-state index in [1.54, 1.807) is 0 Å². The third-order valence-electron chi connectivity index (χ3n) is 4.62. The molecule has 22 heavy (non-hydrogen) atoms. The summed E-state index contributed by atoms with van der Waals surface area (Å²) in [5.41, 5.74) is 2.28. The Morgan fingerprint density at radius 3 is 2.32 bits per heavy atom. The lowest BCUT2D eigenvalue weighted by Gasteiger charge is -2.32. The smallest absolute Gasteiger partial charge is 0.226 e. The molecule has 0 aromatic heterocycles. The molecule has 1 aromatic rings. The number of aryl methyl sites for hydroxylation is 1. The molecule has 1 aliphatic heterocycles. The van der Waals surface area contributed by atoms with E-state index in [4.69, 9.17) is 0 Å². The Morgan fingerprint density at radius 2 is 1.73 bits per heavy atom. The Labute approximate surface area is 131 Å². The molecule has 1 heterocycles. The van der Waals surface area contributed by atoms with Crippen molar-refractivity contribution in [2.45, 2.75) is 45.1 Å². The first-order valence-corrected chi connectivity index (χ1v) is 8.25. The largest absolute Gasteiger partial charge is 0.353 e. The first kappa shape index (κ1) is 15.1. The molecule has 4 nitrogen and oxygen atoms in total. The average molecular weight is 300 g/mol. The summed E-state index contributed by atoms with van der Waals surface area (Å²) in [6, 6.07) is 8.38. The minimum Gasteiger partial charge on any atom is -0.353 e. The molecule has 1 N–H and O–H groups in total. The average Bonchev–Trinajstić information content (AvgIpc) is 3.35. The molecular weight excluding hydrogens is 276 g/mol. The first-order valence-electron chi connectivity index (χ1n) is 8.25. The van der Waals surface area contributed by atoms with Gasteiger partial charge in [-0.05, 0) is 38.2 Å². The fraction of sp³-hybridized carbons (Fsp3) is 0.556. The summed E-state index contributed by atoms with van der Waals surface area (Å²) in [5, 5.41) is 3.12. The number of nitrogens with one attached hydrogen (secondary N) is 1. The van der Waals surface area contributed by atoms with E-state index in [0.29, 0.717) is 6.42 Å². The maximum atomic E-state index is 12.3. The molecule has 1 saturated carbocycles. The van der Waals surface area contributed by atoms with Gasteiger partial charge in [0.15, 0.2) is 0 Å². The monoisotopic (exact) mass is 300 g/mol. The Bertz CT molecular complexity index is 541. The number of rotatable bonds is 4. The van der Waals surface area contributed by atoms with Crippen LogP contribution >= 0.6 is 0 Å². The zero-order valence-corrected chi connectivity index (χ0v) is 13.2. The topological polar surface area (TPSA) is 49.4 Å². The maximum Gasteiger partial charge on any atom is 0.226 e. The van der Waals surface area contributed by atoms with Crippen LogP contribution in [0.15, 0.2) is 24.3 Å². The van der Waals surface area contributed by atoms with E-state index in [-0.39, 0.29) is 23.8 Å². The van der Waals surface area contributed by atoms with E-state index in [1.807, 2.05) is 36.1 Å². The van der Waals surface area contributed by atoms with E-state index in [1.165, 1.54) is 5.56 Å². The summed E-state index contributed by atoms with van der Waals surface area (Å²) >= 11 is 0. The number of piperidine rings is 1. The molecule has 1 aliphatic carbocycles. The summed E-state index contributed by atoms with van der Waals surface area (Å²) < 4.78 is 0. The predicted octanol–water partition coefficient (Wildman–Crippen LogP) is 2.05. The predicted molar refractivity (Wildman–Crippen MR) is 85.4 cm³/mol. The van der Waals surface area contributed by atoms with Crippen LogP contribution in [-0.4, -0.2) is 35.8 Å². The van der Waals surface area contributed by atoms with Crippen LogP contribution in [0.25, 0.3) is 0 Å². The van der Waals surface area contributed by atoms with E-state index in [0.717, 1.165) is 44.3 Å². The minimum absolute atomic E-state index is 0.191. The fourth-order valence-corrected chi connectivity index (χ4v) is 2.93. The standard InChI is InChI=1S/C18H24N2O2/c1-13-2-4-14(5-3-13)12-17(21)20-10-8-16(9-11-20)19-18(22)15-6-7-15/h2-5,15-16H,6-12H2,1H3,(H,19,22). The normalized spacial score (nSPS) is 19.0. The van der Waals surface area contributed by atoms with Gasteiger partial charge in [-0.3, -0.25) is 9.59 Å². The highest BCUT2D eigenvalue weighted by molar-refractivity contribution is 5.81. The molecule has 3 rings (SSSR count). The van der Waals surface area contributed by atoms with Crippen molar-refractivity contribution in [3.63, 3.8) is 0 Å². The van der Waals surface area contributed by atoms with Gasteiger partial charge in [-0.2, -0.15) is 0 Å². The van der Waals surface area contributed by atoms with Crippen molar-refractivity contribution in [2.75, 3.05) is 13.1 Å². The highest BCUT2D eigenvalue weighted by Gasteiger charge is 2.32. The van der Waals surface area contributed by atoms with E-state index in [2.05, 4.69) is 5.32 Å². The Hall–Kier alpha value is -1.84. The van der Waals surface area contributed by atoms with Gasteiger partial charge in [0.25, 0.3) is 0 Å². The van der Waals surface area contributed by atoms with Gasteiger partial charge in [-0.25, -0.2) is 0 Å². The maximum absolute atomic E-state index is 12.3. The molecule has 118 valence electrons. The lowest BCUT2D eigenvalue weighted by atomic mass is 10.0. The molecule has 2 amide bonds. The van der Waals surface area contributed by atoms with Crippen LogP contribution in [0, 0.1) is 12.8 Å². The number of hydrogen-bond acceptors (Lipinski definition) is 2. The van der Waals surface area contributed by atoms with Gasteiger partial charge in [0.05, 0.1) is 6.42 Å². The summed E-state index contributed by atoms with van der Waals surface area (Å²) in [4.78, 5) is 26.0. The number of carbonyl (C=O) groups is 2. The van der Waals surface area contributed by atoms with Gasteiger partial charge in [-0.1, -0.05) is 29.8 Å². The second-order valence-corrected chi connectivity index (χ2v) is 6.60. The van der Waals surface area contributed by atoms with Gasteiger partial charge in [0, 0.05) is 25.0 Å². The van der Waals surface area contributed by atoms with Crippen molar-refractivity contribution >= 4 is 11.8 Å². The number of benzene rings is 1. The van der Waals surface area contributed by atoms with Crippen molar-refractivity contribution < 1.29 is 9.59 Å². The van der Waals surface area contributed by atoms with Crippen molar-refractivity contribution in [2.24, 2.45) is 5.92 Å². The first-order chi connectivity index (χ1) is 10.6. The number of amides is 2. The highest BCUT2D eigenvalue weighted by Crippen LogP contribution is 2.29. The van der Waals surface area contributed by atoms with E-state index < -0.39 is 0 Å². The summed E-state index contributed by atoms with van der Waals surface area (Å²) in [7, 11) is 0. The van der Waals surface area contributed by atoms with Gasteiger partial charge < -0.3 is 10.2 Å². The van der Waals surface area contributed by atoms with Gasteiger partial charge in [-0.15, -0.1) is 0 Å². The van der Waals surface area contributed by atoms with Gasteiger partial charge in [0.1, 0.15) is 0 Å². The summed E-state index contributed by atoms with van der Waals surface area (Å²) in [5.74, 6) is 0.668. The van der Waals surface area contributed by atoms with Crippen LogP contribution in [0.5, 0.6) is 0 Å². The zero-order valence-electron chi connectivity index (χ0n) is 13.2. The van der Waals surface area contributed by atoms with Gasteiger partial charge >= 0.3 is 0 Å². The Kier molecular flexibility index (Phi) is 4.46. The van der Waals surface area contributed by atoms with Crippen molar-refractivity contribution in [1.29, 1.82) is 0 Å². The molecule has 0 bridgehead atoms. The molecule has 1 aromatic carbocycles. The second kappa shape index (κ2) is 6.51. The van der Waals surface area contributed by atoms with Crippen LogP contribution in [-0.2, 0) is 16.0 Å². The van der Waals surface area contributed by atoms with Crippen LogP contribution in [0.3, 0.4) is 0 Å². The fourth-order valence-electron chi connectivity index (χ4n) is 2.93. The molecule has 0 unspecified atom stereocenters. The summed E-state index contributed by atoms with van der Waals surface area (Å²) in [6.07, 6.45) is 4.30. The van der Waals surface area contributed by atoms with Crippen molar-refractivity contribution in [3.05, 3.63) is 35.4 Å². The van der Waals surface area contributed by atoms with Gasteiger partial charge in [0.2, 0.25) is 11.8 Å². The molecule has 2 fully saturated rings. The number of nitrogens with zero attached hydrogens (tertiary/aromatic N) is 1. The lowest BCUT2D eigenvalue weighted by Crippen LogP contribution is -2.47. The summed E-state index contributed by atoms with van der Waals surface area (Å²) in [6.45, 7) is 3.55. The SMILES string of the molecule is Cc1ccc(CC(=O)N2CCC(NC(=O)C3CC3)CC2)cc1. The Balaban J connectivity index is 1.45.